The monoisotopic (exact) mass is 246 g/mol. The molecule has 92 valence electrons. The Balaban J connectivity index is 2.71. The maximum atomic E-state index is 11.9. The van der Waals surface area contributed by atoms with Crippen molar-refractivity contribution in [1.82, 2.24) is 4.31 Å². The summed E-state index contributed by atoms with van der Waals surface area (Å²) in [5.74, 6) is 0. The zero-order valence-electron chi connectivity index (χ0n) is 9.72. The third kappa shape index (κ3) is 2.94. The van der Waals surface area contributed by atoms with E-state index in [9.17, 15) is 8.42 Å². The van der Waals surface area contributed by atoms with Gasteiger partial charge in [-0.2, -0.15) is 9.57 Å². The van der Waals surface area contributed by atoms with Crippen LogP contribution < -0.4 is 0 Å². The molecule has 1 rings (SSSR count). The van der Waals surface area contributed by atoms with Gasteiger partial charge in [-0.25, -0.2) is 8.42 Å². The molecule has 0 N–H and O–H groups in total. The number of rotatable bonds is 4. The molecule has 0 aromatic carbocycles. The number of nitriles is 1. The number of hydrogen-bond acceptors (Lipinski definition) is 4. The molecule has 0 amide bonds. The summed E-state index contributed by atoms with van der Waals surface area (Å²) in [5, 5.41) is 7.70. The van der Waals surface area contributed by atoms with Crippen LogP contribution in [0.4, 0.5) is 0 Å². The molecule has 0 spiro atoms. The molecule has 5 nitrogen and oxygen atoms in total. The smallest absolute Gasteiger partial charge is 0.230 e. The first-order valence-electron chi connectivity index (χ1n) is 5.52. The Morgan fingerprint density at radius 1 is 1.62 bits per heavy atom. The van der Waals surface area contributed by atoms with E-state index in [1.165, 1.54) is 11.2 Å². The van der Waals surface area contributed by atoms with Crippen LogP contribution in [0, 0.1) is 11.3 Å². The maximum absolute atomic E-state index is 11.9. The molecule has 1 aliphatic rings. The van der Waals surface area contributed by atoms with Gasteiger partial charge in [0.2, 0.25) is 10.0 Å². The van der Waals surface area contributed by atoms with Crippen molar-refractivity contribution in [3.8, 4) is 6.07 Å². The van der Waals surface area contributed by atoms with Crippen molar-refractivity contribution in [2.45, 2.75) is 38.0 Å². The fourth-order valence-electron chi connectivity index (χ4n) is 1.80. The molecular weight excluding hydrogens is 228 g/mol. The van der Waals surface area contributed by atoms with Gasteiger partial charge in [-0.1, -0.05) is 0 Å². The highest BCUT2D eigenvalue weighted by molar-refractivity contribution is 7.89. The molecular formula is C10H18N2O3S. The van der Waals surface area contributed by atoms with E-state index >= 15 is 0 Å². The van der Waals surface area contributed by atoms with E-state index in [1.807, 2.05) is 6.92 Å². The first-order valence-corrected chi connectivity index (χ1v) is 7.02. The first-order chi connectivity index (χ1) is 7.52. The summed E-state index contributed by atoms with van der Waals surface area (Å²) in [6.45, 7) is 4.78. The molecule has 16 heavy (non-hydrogen) atoms. The van der Waals surface area contributed by atoms with Gasteiger partial charge in [0, 0.05) is 19.7 Å². The van der Waals surface area contributed by atoms with Crippen LogP contribution >= 0.6 is 0 Å². The summed E-state index contributed by atoms with van der Waals surface area (Å²) in [6, 6.07) is 1.78. The summed E-state index contributed by atoms with van der Waals surface area (Å²) in [4.78, 5) is 0. The Bertz CT molecular complexity index is 359. The third-order valence-corrected chi connectivity index (χ3v) is 4.78. The summed E-state index contributed by atoms with van der Waals surface area (Å²) >= 11 is 0. The van der Waals surface area contributed by atoms with Crippen LogP contribution in [0.5, 0.6) is 0 Å². The molecule has 0 radical (unpaired) electrons. The molecule has 6 heteroatoms. The minimum Gasteiger partial charge on any atom is -0.377 e. The standard InChI is InChI=1S/C10H18N2O3S/c1-3-15-10-5-4-6-12(8-10)16(13,14)9(2)7-11/h9-10H,3-6,8H2,1-2H3. The van der Waals surface area contributed by atoms with Gasteiger partial charge in [-0.05, 0) is 26.7 Å². The van der Waals surface area contributed by atoms with E-state index in [0.29, 0.717) is 19.7 Å². The van der Waals surface area contributed by atoms with Crippen LogP contribution in [0.15, 0.2) is 0 Å². The number of hydrogen-bond donors (Lipinski definition) is 0. The van der Waals surface area contributed by atoms with Crippen LogP contribution in [0.2, 0.25) is 0 Å². The van der Waals surface area contributed by atoms with Crippen molar-refractivity contribution in [3.63, 3.8) is 0 Å². The van der Waals surface area contributed by atoms with Crippen molar-refractivity contribution in [2.24, 2.45) is 0 Å². The van der Waals surface area contributed by atoms with Gasteiger partial charge >= 0.3 is 0 Å². The van der Waals surface area contributed by atoms with Crippen molar-refractivity contribution < 1.29 is 13.2 Å². The van der Waals surface area contributed by atoms with Gasteiger partial charge in [0.25, 0.3) is 0 Å². The topological polar surface area (TPSA) is 70.4 Å². The Morgan fingerprint density at radius 3 is 2.88 bits per heavy atom. The largest absolute Gasteiger partial charge is 0.377 e. The van der Waals surface area contributed by atoms with Crippen LogP contribution in [-0.4, -0.2) is 43.8 Å². The van der Waals surface area contributed by atoms with Crippen molar-refractivity contribution in [2.75, 3.05) is 19.7 Å². The Morgan fingerprint density at radius 2 is 2.31 bits per heavy atom. The summed E-state index contributed by atoms with van der Waals surface area (Å²) in [6.07, 6.45) is 1.66. The summed E-state index contributed by atoms with van der Waals surface area (Å²) < 4.78 is 30.6. The predicted octanol–water partition coefficient (Wildman–Crippen LogP) is 0.729. The number of ether oxygens (including phenoxy) is 1. The third-order valence-electron chi connectivity index (χ3n) is 2.73. The van der Waals surface area contributed by atoms with Crippen LogP contribution in [0.1, 0.15) is 26.7 Å². The zero-order valence-corrected chi connectivity index (χ0v) is 10.5. The molecule has 2 atom stereocenters. The zero-order chi connectivity index (χ0) is 12.2. The lowest BCUT2D eigenvalue weighted by molar-refractivity contribution is 0.0264. The maximum Gasteiger partial charge on any atom is 0.230 e. The van der Waals surface area contributed by atoms with E-state index in [1.54, 1.807) is 6.07 Å². The second kappa shape index (κ2) is 5.62. The number of piperidine rings is 1. The quantitative estimate of drug-likeness (QED) is 0.733. The highest BCUT2D eigenvalue weighted by atomic mass is 32.2. The molecule has 0 saturated carbocycles. The van der Waals surface area contributed by atoms with Crippen LogP contribution in [-0.2, 0) is 14.8 Å². The number of sulfonamides is 1. The van der Waals surface area contributed by atoms with E-state index in [4.69, 9.17) is 10.00 Å². The fraction of sp³-hybridized carbons (Fsp3) is 0.900. The minimum atomic E-state index is -3.47. The highest BCUT2D eigenvalue weighted by Gasteiger charge is 2.33. The fourth-order valence-corrected chi connectivity index (χ4v) is 3.14. The molecule has 0 aromatic rings. The number of nitrogens with zero attached hydrogens (tertiary/aromatic N) is 2. The molecule has 1 aliphatic heterocycles. The molecule has 0 aliphatic carbocycles. The first kappa shape index (κ1) is 13.4. The summed E-state index contributed by atoms with van der Waals surface area (Å²) in [5.41, 5.74) is 0. The van der Waals surface area contributed by atoms with E-state index in [2.05, 4.69) is 0 Å². The lowest BCUT2D eigenvalue weighted by atomic mass is 10.1. The highest BCUT2D eigenvalue weighted by Crippen LogP contribution is 2.18. The van der Waals surface area contributed by atoms with Crippen molar-refractivity contribution in [3.05, 3.63) is 0 Å². The van der Waals surface area contributed by atoms with Crippen LogP contribution in [0.25, 0.3) is 0 Å². The minimum absolute atomic E-state index is 0.0283. The average Bonchev–Trinajstić information content (AvgIpc) is 2.28. The molecule has 0 bridgehead atoms. The van der Waals surface area contributed by atoms with Gasteiger partial charge in [-0.15, -0.1) is 0 Å². The Hall–Kier alpha value is -0.640. The normalized spacial score (nSPS) is 24.9. The van der Waals surface area contributed by atoms with Gasteiger partial charge in [0.1, 0.15) is 0 Å². The molecule has 2 unspecified atom stereocenters. The Labute approximate surface area is 97.0 Å². The molecule has 0 aromatic heterocycles. The van der Waals surface area contributed by atoms with Crippen molar-refractivity contribution >= 4 is 10.0 Å². The molecule has 1 heterocycles. The van der Waals surface area contributed by atoms with Crippen molar-refractivity contribution in [1.29, 1.82) is 5.26 Å². The van der Waals surface area contributed by atoms with E-state index < -0.39 is 15.3 Å². The van der Waals surface area contributed by atoms with Gasteiger partial charge in [0.05, 0.1) is 12.2 Å². The second-order valence-electron chi connectivity index (χ2n) is 3.89. The molecule has 1 saturated heterocycles. The second-order valence-corrected chi connectivity index (χ2v) is 6.15. The summed E-state index contributed by atoms with van der Waals surface area (Å²) in [7, 11) is -3.47. The Kier molecular flexibility index (Phi) is 4.71. The van der Waals surface area contributed by atoms with E-state index in [-0.39, 0.29) is 6.10 Å². The average molecular weight is 246 g/mol. The van der Waals surface area contributed by atoms with Crippen LogP contribution in [0.3, 0.4) is 0 Å². The van der Waals surface area contributed by atoms with Gasteiger partial charge in [0.15, 0.2) is 5.25 Å². The predicted molar refractivity (Wildman–Crippen MR) is 60.2 cm³/mol. The SMILES string of the molecule is CCOC1CCCN(S(=O)(=O)C(C)C#N)C1. The van der Waals surface area contributed by atoms with Gasteiger partial charge in [-0.3, -0.25) is 0 Å². The van der Waals surface area contributed by atoms with E-state index in [0.717, 1.165) is 12.8 Å². The lowest BCUT2D eigenvalue weighted by Gasteiger charge is -2.32. The van der Waals surface area contributed by atoms with Gasteiger partial charge < -0.3 is 4.74 Å². The molecule has 1 fully saturated rings. The lowest BCUT2D eigenvalue weighted by Crippen LogP contribution is -2.46.